The Morgan fingerprint density at radius 1 is 1.18 bits per heavy atom. The van der Waals surface area contributed by atoms with Crippen molar-refractivity contribution >= 4 is 11.6 Å². The van der Waals surface area contributed by atoms with Crippen LogP contribution in [0, 0.1) is 6.92 Å². The number of hydrogen-bond donors (Lipinski definition) is 0. The predicted molar refractivity (Wildman–Crippen MR) is 88.4 cm³/mol. The van der Waals surface area contributed by atoms with E-state index in [4.69, 9.17) is 4.74 Å². The molecular formula is C19H21NO2. The first-order valence-electron chi connectivity index (χ1n) is 7.70. The first-order chi connectivity index (χ1) is 10.6. The molecule has 0 radical (unpaired) electrons. The summed E-state index contributed by atoms with van der Waals surface area (Å²) in [7, 11) is 0. The molecule has 1 aliphatic heterocycles. The van der Waals surface area contributed by atoms with Crippen LogP contribution in [0.5, 0.6) is 5.75 Å². The second-order valence-electron chi connectivity index (χ2n) is 5.96. The molecule has 2 aromatic carbocycles. The number of anilines is 1. The van der Waals surface area contributed by atoms with Crippen LogP contribution >= 0.6 is 0 Å². The minimum atomic E-state index is -0.503. The monoisotopic (exact) mass is 295 g/mol. The molecule has 2 atom stereocenters. The number of rotatable bonds is 3. The topological polar surface area (TPSA) is 29.5 Å². The van der Waals surface area contributed by atoms with Gasteiger partial charge in [0.15, 0.2) is 6.10 Å². The Bertz CT molecular complexity index is 678. The molecule has 0 saturated heterocycles. The number of carbonyl (C=O) groups is 1. The van der Waals surface area contributed by atoms with Gasteiger partial charge in [-0.15, -0.1) is 0 Å². The molecule has 3 nitrogen and oxygen atoms in total. The van der Waals surface area contributed by atoms with Crippen molar-refractivity contribution in [3.63, 3.8) is 0 Å². The van der Waals surface area contributed by atoms with Crippen LogP contribution in [0.4, 0.5) is 5.69 Å². The molecule has 1 aliphatic rings. The smallest absolute Gasteiger partial charge is 0.268 e. The summed E-state index contributed by atoms with van der Waals surface area (Å²) in [6.07, 6.45) is 0.399. The number of amides is 1. The SMILES string of the molecule is Cc1ccc(O[C@H](C)C(=O)N2c3ccccc3C[C@@H]2C)cc1. The summed E-state index contributed by atoms with van der Waals surface area (Å²) in [5, 5.41) is 0. The van der Waals surface area contributed by atoms with Crippen molar-refractivity contribution in [1.82, 2.24) is 0 Å². The van der Waals surface area contributed by atoms with E-state index in [2.05, 4.69) is 13.0 Å². The lowest BCUT2D eigenvalue weighted by molar-refractivity contribution is -0.124. The number of para-hydroxylation sites is 1. The average molecular weight is 295 g/mol. The van der Waals surface area contributed by atoms with E-state index in [-0.39, 0.29) is 11.9 Å². The summed E-state index contributed by atoms with van der Waals surface area (Å²) in [6, 6.07) is 16.0. The maximum absolute atomic E-state index is 12.8. The highest BCUT2D eigenvalue weighted by atomic mass is 16.5. The molecule has 0 aliphatic carbocycles. The molecule has 0 unspecified atom stereocenters. The third kappa shape index (κ3) is 2.71. The number of benzene rings is 2. The van der Waals surface area contributed by atoms with E-state index in [0.717, 1.165) is 17.9 Å². The molecule has 0 N–H and O–H groups in total. The average Bonchev–Trinajstić information content (AvgIpc) is 2.84. The zero-order valence-electron chi connectivity index (χ0n) is 13.2. The van der Waals surface area contributed by atoms with E-state index >= 15 is 0 Å². The Balaban J connectivity index is 1.77. The number of carbonyl (C=O) groups excluding carboxylic acids is 1. The molecule has 0 fully saturated rings. The standard InChI is InChI=1S/C19H21NO2/c1-13-8-10-17(11-9-13)22-15(3)19(21)20-14(2)12-16-6-4-5-7-18(16)20/h4-11,14-15H,12H2,1-3H3/t14-,15+/m0/s1. The summed E-state index contributed by atoms with van der Waals surface area (Å²) >= 11 is 0. The van der Waals surface area contributed by atoms with Gasteiger partial charge in [0.05, 0.1) is 0 Å². The Labute approximate surface area is 131 Å². The fourth-order valence-corrected chi connectivity index (χ4v) is 2.97. The number of fused-ring (bicyclic) bond motifs is 1. The van der Waals surface area contributed by atoms with Gasteiger partial charge in [-0.3, -0.25) is 4.79 Å². The van der Waals surface area contributed by atoms with Gasteiger partial charge in [-0.2, -0.15) is 0 Å². The maximum atomic E-state index is 12.8. The van der Waals surface area contributed by atoms with Gasteiger partial charge in [-0.1, -0.05) is 35.9 Å². The van der Waals surface area contributed by atoms with E-state index in [0.29, 0.717) is 0 Å². The number of nitrogens with zero attached hydrogens (tertiary/aromatic N) is 1. The first-order valence-corrected chi connectivity index (χ1v) is 7.70. The third-order valence-electron chi connectivity index (χ3n) is 4.13. The molecule has 3 rings (SSSR count). The van der Waals surface area contributed by atoms with Crippen LogP contribution in [0.3, 0.4) is 0 Å². The number of hydrogen-bond acceptors (Lipinski definition) is 2. The van der Waals surface area contributed by atoms with Gasteiger partial charge in [0, 0.05) is 11.7 Å². The Hall–Kier alpha value is -2.29. The highest BCUT2D eigenvalue weighted by Crippen LogP contribution is 2.32. The van der Waals surface area contributed by atoms with Crippen molar-refractivity contribution in [2.45, 2.75) is 39.3 Å². The van der Waals surface area contributed by atoms with Crippen LogP contribution in [-0.4, -0.2) is 18.1 Å². The van der Waals surface area contributed by atoms with Crippen molar-refractivity contribution in [3.8, 4) is 5.75 Å². The van der Waals surface area contributed by atoms with Crippen molar-refractivity contribution in [3.05, 3.63) is 59.7 Å². The summed E-state index contributed by atoms with van der Waals surface area (Å²) in [5.74, 6) is 0.740. The summed E-state index contributed by atoms with van der Waals surface area (Å²) in [4.78, 5) is 14.7. The molecule has 0 saturated carbocycles. The highest BCUT2D eigenvalue weighted by Gasteiger charge is 2.33. The van der Waals surface area contributed by atoms with E-state index in [1.807, 2.05) is 61.2 Å². The van der Waals surface area contributed by atoms with Crippen molar-refractivity contribution in [2.24, 2.45) is 0 Å². The predicted octanol–water partition coefficient (Wildman–Crippen LogP) is 3.74. The molecule has 3 heteroatoms. The van der Waals surface area contributed by atoms with Gasteiger partial charge in [0.2, 0.25) is 0 Å². The molecule has 0 spiro atoms. The van der Waals surface area contributed by atoms with Gasteiger partial charge in [0.1, 0.15) is 5.75 Å². The van der Waals surface area contributed by atoms with Crippen LogP contribution in [0.1, 0.15) is 25.0 Å². The second-order valence-corrected chi connectivity index (χ2v) is 5.96. The van der Waals surface area contributed by atoms with E-state index in [1.54, 1.807) is 0 Å². The quantitative estimate of drug-likeness (QED) is 0.863. The summed E-state index contributed by atoms with van der Waals surface area (Å²) < 4.78 is 5.82. The van der Waals surface area contributed by atoms with Crippen molar-refractivity contribution in [2.75, 3.05) is 4.90 Å². The van der Waals surface area contributed by atoms with Gasteiger partial charge >= 0.3 is 0 Å². The van der Waals surface area contributed by atoms with E-state index in [9.17, 15) is 4.79 Å². The van der Waals surface area contributed by atoms with Gasteiger partial charge < -0.3 is 9.64 Å². The first kappa shape index (κ1) is 14.6. The normalized spacial score (nSPS) is 18.0. The summed E-state index contributed by atoms with van der Waals surface area (Å²) in [6.45, 7) is 5.92. The number of aryl methyl sites for hydroxylation is 1. The lowest BCUT2D eigenvalue weighted by atomic mass is 10.1. The van der Waals surface area contributed by atoms with Crippen molar-refractivity contribution in [1.29, 1.82) is 0 Å². The highest BCUT2D eigenvalue weighted by molar-refractivity contribution is 5.99. The second kappa shape index (κ2) is 5.84. The lowest BCUT2D eigenvalue weighted by Crippen LogP contribution is -2.43. The zero-order valence-corrected chi connectivity index (χ0v) is 13.2. The molecule has 1 amide bonds. The van der Waals surface area contributed by atoms with Gasteiger partial charge in [-0.05, 0) is 51.0 Å². The fourth-order valence-electron chi connectivity index (χ4n) is 2.97. The van der Waals surface area contributed by atoms with Crippen LogP contribution in [0.15, 0.2) is 48.5 Å². The fraction of sp³-hybridized carbons (Fsp3) is 0.316. The van der Waals surface area contributed by atoms with Gasteiger partial charge in [0.25, 0.3) is 5.91 Å². The minimum absolute atomic E-state index is 0.0121. The van der Waals surface area contributed by atoms with Crippen LogP contribution in [0.2, 0.25) is 0 Å². The molecule has 1 heterocycles. The Kier molecular flexibility index (Phi) is 3.88. The summed E-state index contributed by atoms with van der Waals surface area (Å²) in [5.41, 5.74) is 3.42. The van der Waals surface area contributed by atoms with Crippen molar-refractivity contribution < 1.29 is 9.53 Å². The lowest BCUT2D eigenvalue weighted by Gasteiger charge is -2.26. The van der Waals surface area contributed by atoms with Crippen LogP contribution < -0.4 is 9.64 Å². The third-order valence-corrected chi connectivity index (χ3v) is 4.13. The molecule has 2 aromatic rings. The molecular weight excluding hydrogens is 274 g/mol. The minimum Gasteiger partial charge on any atom is -0.481 e. The van der Waals surface area contributed by atoms with Crippen LogP contribution in [0.25, 0.3) is 0 Å². The van der Waals surface area contributed by atoms with E-state index < -0.39 is 6.10 Å². The molecule has 0 bridgehead atoms. The Morgan fingerprint density at radius 2 is 1.86 bits per heavy atom. The van der Waals surface area contributed by atoms with E-state index in [1.165, 1.54) is 11.1 Å². The zero-order chi connectivity index (χ0) is 15.7. The van der Waals surface area contributed by atoms with Crippen LogP contribution in [-0.2, 0) is 11.2 Å². The Morgan fingerprint density at radius 3 is 2.59 bits per heavy atom. The molecule has 114 valence electrons. The largest absolute Gasteiger partial charge is 0.481 e. The molecule has 22 heavy (non-hydrogen) atoms. The number of ether oxygens (including phenoxy) is 1. The van der Waals surface area contributed by atoms with Gasteiger partial charge in [-0.25, -0.2) is 0 Å². The molecule has 0 aromatic heterocycles. The maximum Gasteiger partial charge on any atom is 0.268 e.